The van der Waals surface area contributed by atoms with Crippen LogP contribution < -0.4 is 4.74 Å². The Morgan fingerprint density at radius 1 is 0.974 bits per heavy atom. The molecule has 0 spiro atoms. The number of carboxylic acids is 1. The van der Waals surface area contributed by atoms with Gasteiger partial charge in [-0.3, -0.25) is 4.79 Å². The van der Waals surface area contributed by atoms with Gasteiger partial charge in [0.15, 0.2) is 0 Å². The van der Waals surface area contributed by atoms with Crippen molar-refractivity contribution in [2.45, 2.75) is 110 Å². The normalized spacial score (nSPS) is 13.2. The zero-order valence-corrected chi connectivity index (χ0v) is 24.2. The molecule has 5 heteroatoms. The fourth-order valence-corrected chi connectivity index (χ4v) is 5.18. The molecule has 0 saturated heterocycles. The largest absolute Gasteiger partial charge is 0.491 e. The molecular weight excluding hydrogens is 476 g/mol. The van der Waals surface area contributed by atoms with Gasteiger partial charge in [0.2, 0.25) is 0 Å². The van der Waals surface area contributed by atoms with E-state index in [2.05, 4.69) is 57.2 Å². The average Bonchev–Trinajstić information content (AvgIpc) is 2.92. The first-order valence-corrected chi connectivity index (χ1v) is 14.3. The van der Waals surface area contributed by atoms with Gasteiger partial charge in [0.05, 0.1) is 11.7 Å². The third kappa shape index (κ3) is 7.94. The van der Waals surface area contributed by atoms with Crippen molar-refractivity contribution in [2.24, 2.45) is 0 Å². The number of hydrogen-bond donors (Lipinski definition) is 3. The Hall–Kier alpha value is -2.63. The van der Waals surface area contributed by atoms with Crippen molar-refractivity contribution in [3.05, 3.63) is 70.3 Å². The summed E-state index contributed by atoms with van der Waals surface area (Å²) in [5.74, 6) is -0.217. The molecule has 3 N–H and O–H groups in total. The van der Waals surface area contributed by atoms with Crippen molar-refractivity contribution >= 4 is 12.0 Å². The SMILES string of the molecule is CCCc1cc(C(CC)(CC)c2ccc(OCC(O)CCC(=O)O)c(C)c2)ccc1/C=C/C(O)(CC)CC. The van der Waals surface area contributed by atoms with Crippen molar-refractivity contribution in [3.63, 3.8) is 0 Å². The second-order valence-electron chi connectivity index (χ2n) is 10.5. The van der Waals surface area contributed by atoms with E-state index in [0.29, 0.717) is 18.6 Å². The van der Waals surface area contributed by atoms with Gasteiger partial charge in [-0.05, 0) is 79.3 Å². The van der Waals surface area contributed by atoms with Crippen LogP contribution in [0.2, 0.25) is 0 Å². The average molecular weight is 525 g/mol. The van der Waals surface area contributed by atoms with E-state index in [-0.39, 0.29) is 24.9 Å². The van der Waals surface area contributed by atoms with E-state index >= 15 is 0 Å². The minimum atomic E-state index is -0.922. The first-order valence-electron chi connectivity index (χ1n) is 14.3. The first-order chi connectivity index (χ1) is 18.1. The van der Waals surface area contributed by atoms with Crippen molar-refractivity contribution in [3.8, 4) is 5.75 Å². The van der Waals surface area contributed by atoms with Gasteiger partial charge < -0.3 is 20.1 Å². The summed E-state index contributed by atoms with van der Waals surface area (Å²) in [6.07, 6.45) is 8.61. The lowest BCUT2D eigenvalue weighted by molar-refractivity contribution is -0.137. The molecule has 5 nitrogen and oxygen atoms in total. The van der Waals surface area contributed by atoms with Crippen molar-refractivity contribution < 1.29 is 24.9 Å². The Morgan fingerprint density at radius 3 is 2.16 bits per heavy atom. The van der Waals surface area contributed by atoms with Crippen LogP contribution in [-0.2, 0) is 16.6 Å². The summed E-state index contributed by atoms with van der Waals surface area (Å²) < 4.78 is 5.84. The molecule has 1 atom stereocenters. The Balaban J connectivity index is 2.39. The van der Waals surface area contributed by atoms with Gasteiger partial charge in [-0.2, -0.15) is 0 Å². The molecule has 0 aliphatic heterocycles. The van der Waals surface area contributed by atoms with Crippen LogP contribution in [0.4, 0.5) is 0 Å². The molecule has 210 valence electrons. The smallest absolute Gasteiger partial charge is 0.303 e. The summed E-state index contributed by atoms with van der Waals surface area (Å²) in [6, 6.07) is 13.1. The van der Waals surface area contributed by atoms with E-state index in [4.69, 9.17) is 9.84 Å². The van der Waals surface area contributed by atoms with E-state index in [0.717, 1.165) is 31.2 Å². The second kappa shape index (κ2) is 14.5. The third-order valence-electron chi connectivity index (χ3n) is 8.07. The van der Waals surface area contributed by atoms with Gasteiger partial charge in [0.25, 0.3) is 0 Å². The van der Waals surface area contributed by atoms with Crippen LogP contribution >= 0.6 is 0 Å². The van der Waals surface area contributed by atoms with E-state index < -0.39 is 17.7 Å². The molecule has 1 unspecified atom stereocenters. The van der Waals surface area contributed by atoms with Gasteiger partial charge >= 0.3 is 5.97 Å². The number of aryl methyl sites for hydroxylation is 2. The highest BCUT2D eigenvalue weighted by atomic mass is 16.5. The van der Waals surface area contributed by atoms with Crippen LogP contribution in [0.1, 0.15) is 107 Å². The van der Waals surface area contributed by atoms with Crippen LogP contribution in [-0.4, -0.2) is 39.6 Å². The third-order valence-corrected chi connectivity index (χ3v) is 8.07. The lowest BCUT2D eigenvalue weighted by atomic mass is 9.69. The summed E-state index contributed by atoms with van der Waals surface area (Å²) in [7, 11) is 0. The Morgan fingerprint density at radius 2 is 1.61 bits per heavy atom. The Labute approximate surface area is 229 Å². The van der Waals surface area contributed by atoms with Gasteiger partial charge in [-0.1, -0.05) is 83.5 Å². The van der Waals surface area contributed by atoms with Crippen molar-refractivity contribution in [1.82, 2.24) is 0 Å². The number of aliphatic carboxylic acids is 1. The molecule has 0 aliphatic carbocycles. The summed E-state index contributed by atoms with van der Waals surface area (Å²) in [4.78, 5) is 10.7. The molecule has 38 heavy (non-hydrogen) atoms. The number of benzene rings is 2. The molecule has 2 aromatic carbocycles. The van der Waals surface area contributed by atoms with E-state index in [1.165, 1.54) is 22.3 Å². The summed E-state index contributed by atoms with van der Waals surface area (Å²) in [5.41, 5.74) is 5.06. The van der Waals surface area contributed by atoms with Gasteiger partial charge in [0.1, 0.15) is 12.4 Å². The van der Waals surface area contributed by atoms with E-state index in [1.807, 2.05) is 32.9 Å². The molecular formula is C33H48O5. The standard InChI is InChI=1S/C33H48O5/c1-7-12-26-22-28(14-13-25(26)19-20-32(37,8-2)9-3)33(10-4,11-5)27-15-17-30(24(6)21-27)38-23-29(34)16-18-31(35)36/h13-15,17,19-22,29,34,37H,7-12,16,18,23H2,1-6H3,(H,35,36)/b20-19+. The number of ether oxygens (including phenoxy) is 1. The molecule has 0 bridgehead atoms. The van der Waals surface area contributed by atoms with E-state index in [9.17, 15) is 15.0 Å². The predicted octanol–water partition coefficient (Wildman–Crippen LogP) is 7.22. The minimum absolute atomic E-state index is 0.0701. The Bertz CT molecular complexity index is 1060. The highest BCUT2D eigenvalue weighted by molar-refractivity contribution is 5.66. The highest BCUT2D eigenvalue weighted by Crippen LogP contribution is 2.41. The van der Waals surface area contributed by atoms with E-state index in [1.54, 1.807) is 0 Å². The minimum Gasteiger partial charge on any atom is -0.491 e. The van der Waals surface area contributed by atoms with Crippen LogP contribution in [0, 0.1) is 6.92 Å². The van der Waals surface area contributed by atoms with Crippen LogP contribution in [0.5, 0.6) is 5.75 Å². The summed E-state index contributed by atoms with van der Waals surface area (Å²) >= 11 is 0. The summed E-state index contributed by atoms with van der Waals surface area (Å²) in [5, 5.41) is 29.6. The number of aliphatic hydroxyl groups is 2. The summed E-state index contributed by atoms with van der Waals surface area (Å²) in [6.45, 7) is 12.8. The molecule has 0 fully saturated rings. The number of carbonyl (C=O) groups is 1. The number of carboxylic acid groups (broad SMARTS) is 1. The van der Waals surface area contributed by atoms with Crippen LogP contribution in [0.25, 0.3) is 6.08 Å². The molecule has 0 heterocycles. The molecule has 0 saturated carbocycles. The highest BCUT2D eigenvalue weighted by Gasteiger charge is 2.31. The zero-order valence-electron chi connectivity index (χ0n) is 24.2. The molecule has 2 rings (SSSR count). The fourth-order valence-electron chi connectivity index (χ4n) is 5.18. The van der Waals surface area contributed by atoms with Gasteiger partial charge in [-0.15, -0.1) is 0 Å². The molecule has 0 aliphatic rings. The molecule has 2 aromatic rings. The van der Waals surface area contributed by atoms with Gasteiger partial charge in [0, 0.05) is 11.8 Å². The maximum Gasteiger partial charge on any atom is 0.303 e. The monoisotopic (exact) mass is 524 g/mol. The zero-order chi connectivity index (χ0) is 28.3. The van der Waals surface area contributed by atoms with Crippen LogP contribution in [0.3, 0.4) is 0 Å². The number of rotatable bonds is 16. The lowest BCUT2D eigenvalue weighted by Gasteiger charge is -2.34. The Kier molecular flexibility index (Phi) is 12.1. The lowest BCUT2D eigenvalue weighted by Crippen LogP contribution is -2.26. The molecule has 0 aromatic heterocycles. The number of hydrogen-bond acceptors (Lipinski definition) is 4. The topological polar surface area (TPSA) is 87.0 Å². The fraction of sp³-hybridized carbons (Fsp3) is 0.545. The molecule has 0 radical (unpaired) electrons. The quantitative estimate of drug-likeness (QED) is 0.216. The molecule has 0 amide bonds. The van der Waals surface area contributed by atoms with Crippen molar-refractivity contribution in [1.29, 1.82) is 0 Å². The number of aliphatic hydroxyl groups excluding tert-OH is 1. The maximum absolute atomic E-state index is 10.8. The van der Waals surface area contributed by atoms with Crippen LogP contribution in [0.15, 0.2) is 42.5 Å². The van der Waals surface area contributed by atoms with Crippen molar-refractivity contribution in [2.75, 3.05) is 6.61 Å². The second-order valence-corrected chi connectivity index (χ2v) is 10.5. The predicted molar refractivity (Wildman–Crippen MR) is 156 cm³/mol. The van der Waals surface area contributed by atoms with Gasteiger partial charge in [-0.25, -0.2) is 0 Å². The first kappa shape index (κ1) is 31.6. The maximum atomic E-state index is 10.8.